The second-order valence-corrected chi connectivity index (χ2v) is 8.24. The number of hydrogen-bond donors (Lipinski definition) is 2. The van der Waals surface area contributed by atoms with E-state index >= 15 is 0 Å². The summed E-state index contributed by atoms with van der Waals surface area (Å²) >= 11 is 5.56. The summed E-state index contributed by atoms with van der Waals surface area (Å²) in [7, 11) is 0. The van der Waals surface area contributed by atoms with Crippen LogP contribution < -0.4 is 4.28 Å². The van der Waals surface area contributed by atoms with Gasteiger partial charge >= 0.3 is 5.97 Å². The van der Waals surface area contributed by atoms with Gasteiger partial charge in [0.15, 0.2) is 0 Å². The van der Waals surface area contributed by atoms with E-state index < -0.39 is 5.97 Å². The third-order valence-corrected chi connectivity index (χ3v) is 6.27. The second kappa shape index (κ2) is 10.6. The van der Waals surface area contributed by atoms with Gasteiger partial charge in [-0.25, -0.2) is 0 Å². The van der Waals surface area contributed by atoms with Crippen LogP contribution in [0.5, 0.6) is 0 Å². The van der Waals surface area contributed by atoms with Crippen LogP contribution in [-0.4, -0.2) is 15.8 Å². The molecular formula is C25H27NO3S2. The van der Waals surface area contributed by atoms with Gasteiger partial charge in [-0.3, -0.25) is 4.79 Å². The molecule has 6 heteroatoms. The van der Waals surface area contributed by atoms with E-state index in [0.717, 1.165) is 45.3 Å². The van der Waals surface area contributed by atoms with Crippen LogP contribution in [0.15, 0.2) is 65.6 Å². The molecule has 2 aromatic carbocycles. The van der Waals surface area contributed by atoms with E-state index in [0.29, 0.717) is 6.42 Å². The molecule has 0 aliphatic heterocycles. The maximum Gasteiger partial charge on any atom is 0.303 e. The summed E-state index contributed by atoms with van der Waals surface area (Å²) in [4.78, 5) is 12.2. The zero-order valence-corrected chi connectivity index (χ0v) is 19.5. The highest BCUT2D eigenvalue weighted by Crippen LogP contribution is 2.29. The third-order valence-electron chi connectivity index (χ3n) is 5.31. The van der Waals surface area contributed by atoms with Crippen molar-refractivity contribution in [2.24, 2.45) is 0 Å². The van der Waals surface area contributed by atoms with Gasteiger partial charge in [-0.1, -0.05) is 38.6 Å². The molecule has 0 radical (unpaired) electrons. The van der Waals surface area contributed by atoms with Crippen LogP contribution in [0.25, 0.3) is 16.5 Å². The van der Waals surface area contributed by atoms with Crippen molar-refractivity contribution in [3.8, 4) is 0 Å². The molecule has 1 N–H and O–H groups in total. The van der Waals surface area contributed by atoms with Crippen LogP contribution >= 0.6 is 24.7 Å². The lowest BCUT2D eigenvalue weighted by Crippen LogP contribution is -2.02. The van der Waals surface area contributed by atoms with Crippen molar-refractivity contribution in [1.82, 2.24) is 4.73 Å². The molecule has 3 rings (SSSR count). The average Bonchev–Trinajstić information content (AvgIpc) is 3.14. The minimum Gasteiger partial charge on any atom is -0.481 e. The predicted molar refractivity (Wildman–Crippen MR) is 133 cm³/mol. The first kappa shape index (κ1) is 23.1. The number of carboxylic acid groups (broad SMARTS) is 1. The van der Waals surface area contributed by atoms with E-state index in [-0.39, 0.29) is 6.42 Å². The number of benzene rings is 2. The van der Waals surface area contributed by atoms with Crippen LogP contribution in [0.4, 0.5) is 0 Å². The molecule has 0 spiro atoms. The van der Waals surface area contributed by atoms with Crippen molar-refractivity contribution in [3.05, 3.63) is 82.9 Å². The molecule has 4 nitrogen and oxygen atoms in total. The van der Waals surface area contributed by atoms with Crippen molar-refractivity contribution >= 4 is 47.1 Å². The molecule has 0 fully saturated rings. The Balaban J connectivity index is 1.94. The van der Waals surface area contributed by atoms with Gasteiger partial charge in [0.05, 0.1) is 10.4 Å². The molecule has 3 aromatic rings. The van der Waals surface area contributed by atoms with E-state index in [2.05, 4.69) is 51.3 Å². The Morgan fingerprint density at radius 2 is 1.94 bits per heavy atom. The first-order valence-electron chi connectivity index (χ1n) is 10.3. The number of hydrogen-bond acceptors (Lipinski definition) is 4. The Kier molecular flexibility index (Phi) is 7.93. The monoisotopic (exact) mass is 453 g/mol. The fourth-order valence-electron chi connectivity index (χ4n) is 3.60. The predicted octanol–water partition coefficient (Wildman–Crippen LogP) is 6.38. The van der Waals surface area contributed by atoms with Gasteiger partial charge in [-0.15, -0.1) is 0 Å². The van der Waals surface area contributed by atoms with Crippen molar-refractivity contribution in [1.29, 1.82) is 0 Å². The van der Waals surface area contributed by atoms with Gasteiger partial charge in [0.2, 0.25) is 0 Å². The summed E-state index contributed by atoms with van der Waals surface area (Å²) in [6.07, 6.45) is 6.11. The molecule has 0 aliphatic carbocycles. The lowest BCUT2D eigenvalue weighted by atomic mass is 10.0. The number of rotatable bonds is 10. The summed E-state index contributed by atoms with van der Waals surface area (Å²) in [5.41, 5.74) is 6.38. The molecule has 1 heterocycles. The molecule has 0 atom stereocenters. The smallest absolute Gasteiger partial charge is 0.303 e. The Labute approximate surface area is 193 Å². The van der Waals surface area contributed by atoms with Crippen LogP contribution in [0, 0.1) is 0 Å². The Morgan fingerprint density at radius 1 is 1.16 bits per heavy atom. The zero-order chi connectivity index (χ0) is 22.4. The van der Waals surface area contributed by atoms with Gasteiger partial charge < -0.3 is 9.39 Å². The number of aromatic nitrogens is 1. The van der Waals surface area contributed by atoms with Crippen LogP contribution in [0.1, 0.15) is 42.5 Å². The van der Waals surface area contributed by atoms with E-state index in [1.54, 1.807) is 16.2 Å². The number of carbonyl (C=O) groups is 1. The number of nitrogens with zero attached hydrogens (tertiary/aromatic N) is 1. The zero-order valence-electron chi connectivity index (χ0n) is 17.8. The first-order valence-corrected chi connectivity index (χ1v) is 11.6. The molecule has 0 amide bonds. The van der Waals surface area contributed by atoms with Crippen LogP contribution in [-0.2, 0) is 24.1 Å². The quantitative estimate of drug-likeness (QED) is 0.213. The SMILES string of the molecule is C=C/C(=C\S)c1ccc2c(c1)c(CCC(=O)O)cn2OSc1ccc(CC)c(CC)c1. The van der Waals surface area contributed by atoms with Gasteiger partial charge in [0, 0.05) is 18.0 Å². The minimum atomic E-state index is -0.822. The lowest BCUT2D eigenvalue weighted by molar-refractivity contribution is -0.136. The second-order valence-electron chi connectivity index (χ2n) is 7.19. The van der Waals surface area contributed by atoms with Crippen molar-refractivity contribution in [3.63, 3.8) is 0 Å². The van der Waals surface area contributed by atoms with Gasteiger partial charge in [-0.2, -0.15) is 17.4 Å². The van der Waals surface area contributed by atoms with E-state index in [4.69, 9.17) is 9.39 Å². The topological polar surface area (TPSA) is 51.5 Å². The molecule has 0 unspecified atom stereocenters. The minimum absolute atomic E-state index is 0.0611. The largest absolute Gasteiger partial charge is 0.481 e. The Bertz CT molecular complexity index is 1130. The van der Waals surface area contributed by atoms with Gasteiger partial charge in [-0.05, 0) is 76.8 Å². The van der Waals surface area contributed by atoms with Crippen LogP contribution in [0.2, 0.25) is 0 Å². The highest BCUT2D eigenvalue weighted by atomic mass is 32.2. The maximum absolute atomic E-state index is 11.1. The van der Waals surface area contributed by atoms with Crippen molar-refractivity contribution < 1.29 is 14.2 Å². The summed E-state index contributed by atoms with van der Waals surface area (Å²) in [5, 5.41) is 11.8. The fourth-order valence-corrected chi connectivity index (χ4v) is 4.46. The number of fused-ring (bicyclic) bond motifs is 1. The summed E-state index contributed by atoms with van der Waals surface area (Å²) < 4.78 is 7.78. The van der Waals surface area contributed by atoms with Crippen LogP contribution in [0.3, 0.4) is 0 Å². The highest BCUT2D eigenvalue weighted by Gasteiger charge is 2.13. The van der Waals surface area contributed by atoms with Gasteiger partial charge in [0.1, 0.15) is 12.0 Å². The summed E-state index contributed by atoms with van der Waals surface area (Å²) in [5.74, 6) is -0.822. The fraction of sp³-hybridized carbons (Fsp3) is 0.240. The summed E-state index contributed by atoms with van der Waals surface area (Å²) in [6.45, 7) is 8.16. The molecular weight excluding hydrogens is 426 g/mol. The molecule has 31 heavy (non-hydrogen) atoms. The first-order chi connectivity index (χ1) is 15.0. The molecule has 162 valence electrons. The lowest BCUT2D eigenvalue weighted by Gasteiger charge is -2.10. The average molecular weight is 454 g/mol. The Morgan fingerprint density at radius 3 is 2.58 bits per heavy atom. The van der Waals surface area contributed by atoms with E-state index in [1.165, 1.54) is 23.2 Å². The highest BCUT2D eigenvalue weighted by molar-refractivity contribution is 7.94. The number of aryl methyl sites for hydroxylation is 3. The van der Waals surface area contributed by atoms with E-state index in [1.807, 2.05) is 24.4 Å². The standard InChI is InChI=1S/C25H27NO3S2/c1-4-17-7-10-22(13-18(17)5-2)31-29-26-15-21(9-12-25(27)28)23-14-20(8-11-24(23)26)19(6-3)16-30/h6-8,10-11,13-16,30H,3-5,9,12H2,1-2H3,(H,27,28)/b19-16+. The van der Waals surface area contributed by atoms with Crippen molar-refractivity contribution in [2.75, 3.05) is 0 Å². The van der Waals surface area contributed by atoms with Crippen molar-refractivity contribution in [2.45, 2.75) is 44.4 Å². The number of thiol groups is 1. The van der Waals surface area contributed by atoms with E-state index in [9.17, 15) is 4.79 Å². The molecule has 0 saturated heterocycles. The maximum atomic E-state index is 11.1. The normalized spacial score (nSPS) is 11.6. The van der Waals surface area contributed by atoms with Gasteiger partial charge in [0.25, 0.3) is 0 Å². The number of aliphatic carboxylic acids is 1. The molecule has 0 saturated carbocycles. The summed E-state index contributed by atoms with van der Waals surface area (Å²) in [6, 6.07) is 12.4. The third kappa shape index (κ3) is 5.38. The molecule has 1 aromatic heterocycles. The molecule has 0 aliphatic rings. The number of carboxylic acids is 1. The molecule has 0 bridgehead atoms. The number of allylic oxidation sites excluding steroid dienone is 2. The Hall–Kier alpha value is -2.57.